The van der Waals surface area contributed by atoms with Gasteiger partial charge in [-0.3, -0.25) is 0 Å². The quantitative estimate of drug-likeness (QED) is 0.244. The molecule has 0 fully saturated rings. The summed E-state index contributed by atoms with van der Waals surface area (Å²) in [5, 5.41) is 1.28. The predicted molar refractivity (Wildman–Crippen MR) is 102 cm³/mol. The zero-order valence-electron chi connectivity index (χ0n) is 13.4. The maximum Gasteiger partial charge on any atom is 0.189 e. The number of hydrogen-bond acceptors (Lipinski definition) is 3. The van der Waals surface area contributed by atoms with Crippen molar-refractivity contribution in [1.29, 1.82) is 0 Å². The normalized spacial score (nSPS) is 10.7. The monoisotopic (exact) mass is 354 g/mol. The molecular weight excluding hydrogens is 336 g/mol. The Kier molecular flexibility index (Phi) is 6.27. The number of nitrogens with zero attached hydrogens (tertiary/aromatic N) is 2. The van der Waals surface area contributed by atoms with Crippen LogP contribution in [0.2, 0.25) is 5.15 Å². The first-order valence-corrected chi connectivity index (χ1v) is 9.40. The first-order valence-electron chi connectivity index (χ1n) is 8.04. The van der Waals surface area contributed by atoms with Crippen LogP contribution in [0.4, 0.5) is 0 Å². The second-order valence-corrected chi connectivity index (χ2v) is 7.01. The fraction of sp³-hybridized carbons (Fsp3) is 0.200. The van der Waals surface area contributed by atoms with E-state index in [1.165, 1.54) is 11.1 Å². The molecule has 0 aliphatic carbocycles. The minimum absolute atomic E-state index is 0.515. The molecule has 4 heteroatoms. The summed E-state index contributed by atoms with van der Waals surface area (Å²) < 4.78 is 0. The molecule has 0 spiro atoms. The number of benzene rings is 2. The van der Waals surface area contributed by atoms with Gasteiger partial charge in [0.15, 0.2) is 5.16 Å². The first kappa shape index (κ1) is 17.0. The van der Waals surface area contributed by atoms with Crippen molar-refractivity contribution in [1.82, 2.24) is 9.97 Å². The summed E-state index contributed by atoms with van der Waals surface area (Å²) in [7, 11) is 0. The van der Waals surface area contributed by atoms with E-state index < -0.39 is 0 Å². The fourth-order valence-corrected chi connectivity index (χ4v) is 3.56. The fourth-order valence-electron chi connectivity index (χ4n) is 2.49. The van der Waals surface area contributed by atoms with Crippen molar-refractivity contribution in [3.05, 3.63) is 88.7 Å². The summed E-state index contributed by atoms with van der Waals surface area (Å²) in [6.45, 7) is 0. The van der Waals surface area contributed by atoms with Crippen molar-refractivity contribution in [2.45, 2.75) is 24.4 Å². The van der Waals surface area contributed by atoms with Gasteiger partial charge in [-0.1, -0.05) is 84.0 Å². The summed E-state index contributed by atoms with van der Waals surface area (Å²) in [4.78, 5) is 8.98. The highest BCUT2D eigenvalue weighted by atomic mass is 35.5. The Balaban J connectivity index is 1.55. The maximum absolute atomic E-state index is 6.16. The molecular formula is C20H19ClN2S. The van der Waals surface area contributed by atoms with Gasteiger partial charge in [0.1, 0.15) is 5.15 Å². The number of aryl methyl sites for hydroxylation is 1. The van der Waals surface area contributed by atoms with E-state index in [1.54, 1.807) is 11.8 Å². The Morgan fingerprint density at radius 3 is 2.21 bits per heavy atom. The van der Waals surface area contributed by atoms with Gasteiger partial charge < -0.3 is 0 Å². The van der Waals surface area contributed by atoms with Crippen LogP contribution in [0.3, 0.4) is 0 Å². The van der Waals surface area contributed by atoms with E-state index in [0.29, 0.717) is 5.15 Å². The molecule has 0 amide bonds. The molecule has 2 aromatic carbocycles. The van der Waals surface area contributed by atoms with Crippen LogP contribution in [-0.4, -0.2) is 15.7 Å². The van der Waals surface area contributed by atoms with E-state index >= 15 is 0 Å². The number of hydrogen-bond donors (Lipinski definition) is 0. The van der Waals surface area contributed by atoms with Crippen LogP contribution in [0.25, 0.3) is 0 Å². The molecule has 0 saturated heterocycles. The molecule has 0 saturated carbocycles. The third-order valence-electron chi connectivity index (χ3n) is 3.64. The van der Waals surface area contributed by atoms with E-state index in [0.717, 1.165) is 35.9 Å². The average Bonchev–Trinajstić information content (AvgIpc) is 2.60. The first-order chi connectivity index (χ1) is 11.8. The summed E-state index contributed by atoms with van der Waals surface area (Å²) in [6, 6.07) is 22.7. The number of aromatic nitrogens is 2. The van der Waals surface area contributed by atoms with Crippen molar-refractivity contribution in [2.75, 3.05) is 5.75 Å². The molecule has 3 rings (SSSR count). The van der Waals surface area contributed by atoms with Gasteiger partial charge in [-0.2, -0.15) is 0 Å². The van der Waals surface area contributed by atoms with E-state index in [9.17, 15) is 0 Å². The van der Waals surface area contributed by atoms with Gasteiger partial charge >= 0.3 is 0 Å². The molecule has 1 heterocycles. The highest BCUT2D eigenvalue weighted by Crippen LogP contribution is 2.20. The molecule has 1 aromatic heterocycles. The lowest BCUT2D eigenvalue weighted by Crippen LogP contribution is -1.97. The van der Waals surface area contributed by atoms with Gasteiger partial charge in [0.25, 0.3) is 0 Å². The molecule has 3 aromatic rings. The molecule has 0 N–H and O–H groups in total. The van der Waals surface area contributed by atoms with Crippen LogP contribution in [-0.2, 0) is 12.8 Å². The molecule has 0 unspecified atom stereocenters. The molecule has 0 bridgehead atoms. The molecule has 2 nitrogen and oxygen atoms in total. The van der Waals surface area contributed by atoms with Crippen LogP contribution in [0.5, 0.6) is 0 Å². The predicted octanol–water partition coefficient (Wildman–Crippen LogP) is 5.45. The van der Waals surface area contributed by atoms with Crippen LogP contribution in [0, 0.1) is 0 Å². The van der Waals surface area contributed by atoms with Crippen molar-refractivity contribution < 1.29 is 0 Å². The molecule has 24 heavy (non-hydrogen) atoms. The van der Waals surface area contributed by atoms with E-state index in [-0.39, 0.29) is 0 Å². The third-order valence-corrected chi connectivity index (χ3v) is 4.77. The maximum atomic E-state index is 6.16. The lowest BCUT2D eigenvalue weighted by molar-refractivity contribution is 0.890. The number of thioether (sulfide) groups is 1. The van der Waals surface area contributed by atoms with Gasteiger partial charge in [-0.05, 0) is 30.0 Å². The Hall–Kier alpha value is -1.84. The Morgan fingerprint density at radius 1 is 0.833 bits per heavy atom. The topological polar surface area (TPSA) is 25.8 Å². The van der Waals surface area contributed by atoms with Crippen molar-refractivity contribution >= 4 is 23.4 Å². The zero-order chi connectivity index (χ0) is 16.6. The van der Waals surface area contributed by atoms with Crippen molar-refractivity contribution in [3.63, 3.8) is 0 Å². The molecule has 0 radical (unpaired) electrons. The van der Waals surface area contributed by atoms with Crippen LogP contribution < -0.4 is 0 Å². The van der Waals surface area contributed by atoms with E-state index in [4.69, 9.17) is 11.6 Å². The standard InChI is InChI=1S/C20H19ClN2S/c21-19-15-18(14-17-10-5-2-6-11-17)22-20(23-19)24-13-7-12-16-8-3-1-4-9-16/h1-6,8-11,15H,7,12-14H2. The molecule has 122 valence electrons. The van der Waals surface area contributed by atoms with Crippen LogP contribution in [0.15, 0.2) is 71.9 Å². The van der Waals surface area contributed by atoms with E-state index in [1.807, 2.05) is 30.3 Å². The second-order valence-electron chi connectivity index (χ2n) is 5.56. The summed E-state index contributed by atoms with van der Waals surface area (Å²) >= 11 is 7.83. The Labute approximate surface area is 152 Å². The van der Waals surface area contributed by atoms with Gasteiger partial charge in [0, 0.05) is 12.2 Å². The Morgan fingerprint density at radius 2 is 1.50 bits per heavy atom. The highest BCUT2D eigenvalue weighted by Gasteiger charge is 2.05. The smallest absolute Gasteiger partial charge is 0.189 e. The minimum Gasteiger partial charge on any atom is -0.227 e. The van der Waals surface area contributed by atoms with Gasteiger partial charge in [0.2, 0.25) is 0 Å². The molecule has 0 aliphatic rings. The second kappa shape index (κ2) is 8.86. The molecule has 0 aliphatic heterocycles. The van der Waals surface area contributed by atoms with Crippen LogP contribution in [0.1, 0.15) is 23.2 Å². The lowest BCUT2D eigenvalue weighted by atomic mass is 10.1. The summed E-state index contributed by atoms with van der Waals surface area (Å²) in [6.07, 6.45) is 2.95. The Bertz CT molecular complexity index is 763. The van der Waals surface area contributed by atoms with Gasteiger partial charge in [0.05, 0.1) is 5.69 Å². The lowest BCUT2D eigenvalue weighted by Gasteiger charge is -2.06. The number of rotatable bonds is 7. The summed E-state index contributed by atoms with van der Waals surface area (Å²) in [5.41, 5.74) is 3.56. The number of halogens is 1. The summed E-state index contributed by atoms with van der Waals surface area (Å²) in [5.74, 6) is 0.986. The minimum atomic E-state index is 0.515. The highest BCUT2D eigenvalue weighted by molar-refractivity contribution is 7.99. The SMILES string of the molecule is Clc1cc(Cc2ccccc2)nc(SCCCc2ccccc2)n1. The largest absolute Gasteiger partial charge is 0.227 e. The zero-order valence-corrected chi connectivity index (χ0v) is 14.9. The van der Waals surface area contributed by atoms with Crippen LogP contribution >= 0.6 is 23.4 Å². The average molecular weight is 355 g/mol. The molecule has 0 atom stereocenters. The van der Waals surface area contributed by atoms with Crippen molar-refractivity contribution in [3.8, 4) is 0 Å². The van der Waals surface area contributed by atoms with E-state index in [2.05, 4.69) is 46.4 Å². The third kappa shape index (κ3) is 5.36. The van der Waals surface area contributed by atoms with Gasteiger partial charge in [-0.25, -0.2) is 9.97 Å². The van der Waals surface area contributed by atoms with Gasteiger partial charge in [-0.15, -0.1) is 0 Å². The van der Waals surface area contributed by atoms with Crippen molar-refractivity contribution in [2.24, 2.45) is 0 Å².